The van der Waals surface area contributed by atoms with E-state index >= 15 is 0 Å². The standard InChI is InChI=1S/C29H34ClN3O7S4/c1-17-13-19(30)15-21(32-24(34)11-8-12-43(6,36)37)25(17)18-9-7-10-20(14-18)44(38,39)23-16-22(42-27(23)41-5)26(31)33-28(35)40-29(2,3)4/h7,9-10,13-16H,8,11-12H2,1-6H3,(H,32,34)(H2,31,33,35). The van der Waals surface area contributed by atoms with Gasteiger partial charge in [-0.3, -0.25) is 15.5 Å². The Bertz CT molecular complexity index is 1810. The van der Waals surface area contributed by atoms with Crippen LogP contribution in [-0.2, 0) is 29.2 Å². The van der Waals surface area contributed by atoms with E-state index in [9.17, 15) is 26.4 Å². The fourth-order valence-electron chi connectivity index (χ4n) is 4.16. The summed E-state index contributed by atoms with van der Waals surface area (Å²) < 4.78 is 56.4. The summed E-state index contributed by atoms with van der Waals surface area (Å²) >= 11 is 8.55. The molecule has 0 aliphatic rings. The first-order chi connectivity index (χ1) is 20.3. The SMILES string of the molecule is CSc1sc(C(=N)NC(=O)OC(C)(C)C)cc1S(=O)(=O)c1cccc(-c2c(C)cc(Cl)cc2NC(=O)CCCS(C)(=O)=O)c1. The number of rotatable bonds is 10. The predicted molar refractivity (Wildman–Crippen MR) is 177 cm³/mol. The minimum absolute atomic E-state index is 0.00915. The average molecular weight is 700 g/mol. The smallest absolute Gasteiger partial charge is 0.413 e. The van der Waals surface area contributed by atoms with Gasteiger partial charge in [-0.1, -0.05) is 23.7 Å². The number of aryl methyl sites for hydroxylation is 1. The summed E-state index contributed by atoms with van der Waals surface area (Å²) in [5, 5.41) is 13.8. The molecule has 2 aromatic carbocycles. The first-order valence-electron chi connectivity index (χ1n) is 13.2. The van der Waals surface area contributed by atoms with Gasteiger partial charge >= 0.3 is 6.09 Å². The molecule has 15 heteroatoms. The molecule has 3 aromatic rings. The topological polar surface area (TPSA) is 160 Å². The highest BCUT2D eigenvalue weighted by Crippen LogP contribution is 2.39. The van der Waals surface area contributed by atoms with Crippen molar-refractivity contribution in [3.8, 4) is 11.1 Å². The number of hydrogen-bond donors (Lipinski definition) is 3. The summed E-state index contributed by atoms with van der Waals surface area (Å²) in [4.78, 5) is 25.1. The number of alkyl carbamates (subject to hydrolysis) is 1. The molecule has 1 heterocycles. The van der Waals surface area contributed by atoms with E-state index in [2.05, 4.69) is 10.6 Å². The van der Waals surface area contributed by atoms with E-state index in [4.69, 9.17) is 21.7 Å². The maximum atomic E-state index is 13.9. The molecular formula is C29H34ClN3O7S4. The number of benzene rings is 2. The number of hydrogen-bond acceptors (Lipinski definition) is 10. The molecule has 0 saturated heterocycles. The fourth-order valence-corrected chi connectivity index (χ4v) is 9.04. The Morgan fingerprint density at radius 2 is 1.77 bits per heavy atom. The van der Waals surface area contributed by atoms with Crippen LogP contribution < -0.4 is 10.6 Å². The lowest BCUT2D eigenvalue weighted by Gasteiger charge is -2.19. The highest BCUT2D eigenvalue weighted by Gasteiger charge is 2.27. The molecule has 3 N–H and O–H groups in total. The van der Waals surface area contributed by atoms with Gasteiger partial charge in [-0.05, 0) is 81.8 Å². The molecule has 0 aliphatic carbocycles. The van der Waals surface area contributed by atoms with Crippen molar-refractivity contribution in [2.24, 2.45) is 0 Å². The molecule has 2 amide bonds. The third kappa shape index (κ3) is 9.54. The van der Waals surface area contributed by atoms with Crippen LogP contribution in [0.4, 0.5) is 10.5 Å². The van der Waals surface area contributed by atoms with E-state index in [0.717, 1.165) is 17.6 Å². The first kappa shape index (κ1) is 35.6. The number of carbonyl (C=O) groups is 2. The van der Waals surface area contributed by atoms with Crippen molar-refractivity contribution >= 4 is 77.9 Å². The molecule has 0 fully saturated rings. The third-order valence-electron chi connectivity index (χ3n) is 5.94. The van der Waals surface area contributed by atoms with Crippen LogP contribution in [0.3, 0.4) is 0 Å². The van der Waals surface area contributed by atoms with Crippen LogP contribution in [0.2, 0.25) is 5.02 Å². The second-order valence-corrected chi connectivity index (χ2v) is 17.7. The van der Waals surface area contributed by atoms with Gasteiger partial charge in [0.1, 0.15) is 21.3 Å². The summed E-state index contributed by atoms with van der Waals surface area (Å²) in [6.45, 7) is 6.85. The van der Waals surface area contributed by atoms with Crippen LogP contribution in [0.5, 0.6) is 0 Å². The number of nitrogens with one attached hydrogen (secondary N) is 3. The number of ether oxygens (including phenoxy) is 1. The maximum Gasteiger partial charge on any atom is 0.413 e. The van der Waals surface area contributed by atoms with Crippen molar-refractivity contribution in [3.05, 3.63) is 57.9 Å². The zero-order chi connectivity index (χ0) is 33.0. The molecule has 0 saturated carbocycles. The summed E-state index contributed by atoms with van der Waals surface area (Å²) in [5.41, 5.74) is 1.34. The van der Waals surface area contributed by atoms with Crippen molar-refractivity contribution in [2.45, 2.75) is 60.1 Å². The lowest BCUT2D eigenvalue weighted by atomic mass is 9.98. The zero-order valence-electron chi connectivity index (χ0n) is 25.0. The number of amidine groups is 1. The number of sulfone groups is 2. The first-order valence-corrected chi connectivity index (χ1v) is 19.2. The van der Waals surface area contributed by atoms with Gasteiger partial charge in [0.05, 0.1) is 30.3 Å². The van der Waals surface area contributed by atoms with E-state index in [1.165, 1.54) is 30.0 Å². The number of halogens is 1. The average Bonchev–Trinajstić information content (AvgIpc) is 3.32. The Morgan fingerprint density at radius 3 is 2.39 bits per heavy atom. The molecule has 0 spiro atoms. The summed E-state index contributed by atoms with van der Waals surface area (Å²) in [7, 11) is -7.30. The number of thioether (sulfide) groups is 1. The molecule has 10 nitrogen and oxygen atoms in total. The van der Waals surface area contributed by atoms with Crippen LogP contribution in [0, 0.1) is 12.3 Å². The van der Waals surface area contributed by atoms with Gasteiger partial charge in [0.15, 0.2) is 0 Å². The van der Waals surface area contributed by atoms with E-state index < -0.39 is 37.3 Å². The van der Waals surface area contributed by atoms with Crippen molar-refractivity contribution < 1.29 is 31.2 Å². The maximum absolute atomic E-state index is 13.9. The molecule has 0 radical (unpaired) electrons. The summed E-state index contributed by atoms with van der Waals surface area (Å²) in [6, 6.07) is 10.9. The van der Waals surface area contributed by atoms with E-state index in [-0.39, 0.29) is 39.1 Å². The van der Waals surface area contributed by atoms with E-state index in [0.29, 0.717) is 31.6 Å². The molecule has 44 heavy (non-hydrogen) atoms. The van der Waals surface area contributed by atoms with E-state index in [1.54, 1.807) is 58.2 Å². The highest BCUT2D eigenvalue weighted by atomic mass is 35.5. The number of carbonyl (C=O) groups excluding carboxylic acids is 2. The van der Waals surface area contributed by atoms with Crippen LogP contribution in [0.15, 0.2) is 56.5 Å². The molecule has 0 unspecified atom stereocenters. The number of anilines is 1. The Hall–Kier alpha value is -2.91. The normalized spacial score (nSPS) is 12.1. The fraction of sp³-hybridized carbons (Fsp3) is 0.345. The molecular weight excluding hydrogens is 666 g/mol. The number of amides is 2. The summed E-state index contributed by atoms with van der Waals surface area (Å²) in [5.74, 6) is -0.817. The van der Waals surface area contributed by atoms with Crippen LogP contribution >= 0.6 is 34.7 Å². The van der Waals surface area contributed by atoms with Crippen molar-refractivity contribution in [1.82, 2.24) is 5.32 Å². The largest absolute Gasteiger partial charge is 0.444 e. The summed E-state index contributed by atoms with van der Waals surface area (Å²) in [6.07, 6.45) is 2.13. The predicted octanol–water partition coefficient (Wildman–Crippen LogP) is 6.54. The van der Waals surface area contributed by atoms with Gasteiger partial charge in [-0.2, -0.15) is 0 Å². The molecule has 1 aromatic heterocycles. The minimum Gasteiger partial charge on any atom is -0.444 e. The molecule has 0 aliphatic heterocycles. The monoisotopic (exact) mass is 699 g/mol. The van der Waals surface area contributed by atoms with Crippen LogP contribution in [-0.4, -0.2) is 58.5 Å². The third-order valence-corrected chi connectivity index (χ3v) is 11.5. The van der Waals surface area contributed by atoms with Crippen LogP contribution in [0.1, 0.15) is 44.1 Å². The van der Waals surface area contributed by atoms with Gasteiger partial charge in [0.2, 0.25) is 15.7 Å². The lowest BCUT2D eigenvalue weighted by molar-refractivity contribution is -0.116. The van der Waals surface area contributed by atoms with Gasteiger partial charge in [0, 0.05) is 23.3 Å². The van der Waals surface area contributed by atoms with Crippen molar-refractivity contribution in [2.75, 3.05) is 23.6 Å². The van der Waals surface area contributed by atoms with Gasteiger partial charge in [-0.15, -0.1) is 23.1 Å². The minimum atomic E-state index is -4.09. The lowest BCUT2D eigenvalue weighted by Crippen LogP contribution is -2.36. The van der Waals surface area contributed by atoms with E-state index in [1.807, 2.05) is 0 Å². The van der Waals surface area contributed by atoms with Gasteiger partial charge in [0.25, 0.3) is 0 Å². The second-order valence-electron chi connectivity index (χ2n) is 10.9. The van der Waals surface area contributed by atoms with Crippen LogP contribution in [0.25, 0.3) is 11.1 Å². The highest BCUT2D eigenvalue weighted by molar-refractivity contribution is 8.01. The molecule has 238 valence electrons. The Labute approximate surface area is 271 Å². The Balaban J connectivity index is 1.97. The van der Waals surface area contributed by atoms with Crippen molar-refractivity contribution in [1.29, 1.82) is 5.41 Å². The second kappa shape index (κ2) is 14.0. The quantitative estimate of drug-likeness (QED) is 0.122. The molecule has 0 bridgehead atoms. The molecule has 3 rings (SSSR count). The molecule has 0 atom stereocenters. The van der Waals surface area contributed by atoms with Gasteiger partial charge < -0.3 is 10.1 Å². The Kier molecular flexibility index (Phi) is 11.3. The zero-order valence-corrected chi connectivity index (χ0v) is 29.1. The Morgan fingerprint density at radius 1 is 1.09 bits per heavy atom. The van der Waals surface area contributed by atoms with Gasteiger partial charge in [-0.25, -0.2) is 21.6 Å². The van der Waals surface area contributed by atoms with Crippen molar-refractivity contribution in [3.63, 3.8) is 0 Å². The number of thiophene rings is 1.